The van der Waals surface area contributed by atoms with E-state index in [0.717, 1.165) is 70.6 Å². The van der Waals surface area contributed by atoms with Gasteiger partial charge in [0.05, 0.1) is 28.1 Å². The molecule has 0 saturated carbocycles. The predicted octanol–water partition coefficient (Wildman–Crippen LogP) is 14.3. The summed E-state index contributed by atoms with van der Waals surface area (Å²) in [5, 5.41) is 0.997. The van der Waals surface area contributed by atoms with E-state index < -0.39 is 13.3 Å². The Balaban J connectivity index is 0.000000271. The number of hydrogen-bond donors (Lipinski definition) is 0. The summed E-state index contributed by atoms with van der Waals surface area (Å²) in [6.45, 7) is 6.59. The number of fused-ring (bicyclic) bond motifs is 4. The van der Waals surface area contributed by atoms with Crippen LogP contribution >= 0.6 is 11.3 Å². The SMILES string of the molecule is CC(C)(C)c1cccc(-c2ccccc2)c1-n1c(-c2[c-]ccc3c2sc2cc(-c4ccc(F)cc4)cnc23)nc2ccc(F)cc21.[CH3][Ge]([CH3])([CH3])[c]1ccc(-c2[c-]cccc2)nc1.[Ir]. The quantitative estimate of drug-likeness (QED) is 0.123. The van der Waals surface area contributed by atoms with Crippen molar-refractivity contribution < 1.29 is 28.9 Å². The molecule has 0 N–H and O–H groups in total. The third-order valence-corrected chi connectivity index (χ3v) is 16.5. The Morgan fingerprint density at radius 2 is 1.43 bits per heavy atom. The summed E-state index contributed by atoms with van der Waals surface area (Å²) < 4.78 is 34.2. The second-order valence-electron chi connectivity index (χ2n) is 17.5. The minimum atomic E-state index is -1.72. The van der Waals surface area contributed by atoms with E-state index in [2.05, 4.69) is 108 Å². The summed E-state index contributed by atoms with van der Waals surface area (Å²) in [5.74, 6) is 7.23. The maximum Gasteiger partial charge on any atom is 0 e. The van der Waals surface area contributed by atoms with E-state index in [9.17, 15) is 4.39 Å². The van der Waals surface area contributed by atoms with Crippen LogP contribution in [0.4, 0.5) is 8.78 Å². The maximum atomic E-state index is 15.0. The van der Waals surface area contributed by atoms with Gasteiger partial charge in [0.25, 0.3) is 0 Å². The van der Waals surface area contributed by atoms with Crippen LogP contribution in [0.1, 0.15) is 26.3 Å². The largest absolute Gasteiger partial charge is 0 e. The zero-order valence-electron chi connectivity index (χ0n) is 35.8. The Bertz CT molecular complexity index is 3210. The fourth-order valence-corrected chi connectivity index (χ4v) is 11.2. The standard InChI is InChI=1S/C40H28F2N3S.C14H16GeN.Ir/c1-40(2,3)32-14-8-11-29(25-9-5-4-6-10-25)37(32)45-34-22-28(42)19-20-33(34)44-39(45)31-13-7-12-30-36-35(46-38(30)31)21-26(23-43-36)24-15-17-27(41)18-16-24;1-15(2,3)13-9-10-14(16-11-13)12-7-5-4-6-8-12;/h4-12,14-23H,1-3H3;4-7,9-11H,1-3H3;/q2*-1;. The minimum absolute atomic E-state index is 0. The second kappa shape index (κ2) is 17.9. The summed E-state index contributed by atoms with van der Waals surface area (Å²) in [5.41, 5.74) is 10.9. The predicted molar refractivity (Wildman–Crippen MR) is 257 cm³/mol. The van der Waals surface area contributed by atoms with E-state index in [-0.39, 0.29) is 37.2 Å². The summed E-state index contributed by atoms with van der Waals surface area (Å²) >= 11 is -0.0887. The number of rotatable bonds is 6. The Labute approximate surface area is 387 Å². The third-order valence-electron chi connectivity index (χ3n) is 11.1. The molecule has 0 bridgehead atoms. The molecule has 0 aliphatic rings. The van der Waals surface area contributed by atoms with Crippen LogP contribution in [0.25, 0.3) is 81.9 Å². The fourth-order valence-electron chi connectivity index (χ4n) is 7.81. The van der Waals surface area contributed by atoms with Crippen LogP contribution in [0.5, 0.6) is 0 Å². The zero-order chi connectivity index (χ0) is 43.2. The van der Waals surface area contributed by atoms with Crippen LogP contribution < -0.4 is 4.40 Å². The molecule has 0 aliphatic carbocycles. The molecule has 0 aliphatic heterocycles. The van der Waals surface area contributed by atoms with Crippen molar-refractivity contribution in [3.63, 3.8) is 0 Å². The first-order valence-electron chi connectivity index (χ1n) is 20.6. The molecule has 6 aromatic carbocycles. The van der Waals surface area contributed by atoms with Crippen molar-refractivity contribution in [2.24, 2.45) is 0 Å². The van der Waals surface area contributed by atoms with Crippen LogP contribution in [0.15, 0.2) is 158 Å². The number of para-hydroxylation sites is 1. The first-order valence-corrected chi connectivity index (χ1v) is 28.8. The van der Waals surface area contributed by atoms with Crippen LogP contribution in [0.2, 0.25) is 17.3 Å². The number of aromatic nitrogens is 4. The fraction of sp³-hybridized carbons (Fsp3) is 0.130. The Morgan fingerprint density at radius 1 is 0.667 bits per heavy atom. The van der Waals surface area contributed by atoms with Gasteiger partial charge in [-0.3, -0.25) is 9.97 Å². The van der Waals surface area contributed by atoms with E-state index in [0.29, 0.717) is 16.9 Å². The first kappa shape index (κ1) is 44.0. The smallest absolute Gasteiger partial charge is 0 e. The molecule has 4 aromatic heterocycles. The molecular weight excluding hydrogens is 1040 g/mol. The molecule has 1 radical (unpaired) electrons. The molecule has 315 valence electrons. The molecule has 0 spiro atoms. The molecule has 4 heterocycles. The summed E-state index contributed by atoms with van der Waals surface area (Å²) in [7, 11) is 0. The molecule has 0 atom stereocenters. The zero-order valence-corrected chi connectivity index (χ0v) is 41.1. The second-order valence-corrected chi connectivity index (χ2v) is 29.2. The topological polar surface area (TPSA) is 43.6 Å². The van der Waals surface area contributed by atoms with E-state index >= 15 is 4.39 Å². The summed E-state index contributed by atoms with van der Waals surface area (Å²) in [6, 6.07) is 52.9. The normalized spacial score (nSPS) is 11.7. The monoisotopic (exact) mass is 1090 g/mol. The summed E-state index contributed by atoms with van der Waals surface area (Å²) in [6.07, 6.45) is 3.87. The first-order chi connectivity index (χ1) is 29.8. The number of nitrogens with zero attached hydrogens (tertiary/aromatic N) is 4. The van der Waals surface area contributed by atoms with E-state index in [1.165, 1.54) is 22.6 Å². The molecular formula is C54H44F2GeIrN4S-2. The molecule has 0 saturated heterocycles. The van der Waals surface area contributed by atoms with Gasteiger partial charge in [0.2, 0.25) is 0 Å². The third kappa shape index (κ3) is 8.96. The van der Waals surface area contributed by atoms with Gasteiger partial charge in [-0.25, -0.2) is 8.78 Å². The van der Waals surface area contributed by atoms with Gasteiger partial charge in [-0.2, -0.15) is 11.3 Å². The average molecular weight is 1080 g/mol. The number of hydrogen-bond acceptors (Lipinski definition) is 4. The molecule has 9 heteroatoms. The van der Waals surface area contributed by atoms with Crippen LogP contribution in [0.3, 0.4) is 0 Å². The van der Waals surface area contributed by atoms with Gasteiger partial charge in [-0.1, -0.05) is 92.4 Å². The Morgan fingerprint density at radius 3 is 2.13 bits per heavy atom. The van der Waals surface area contributed by atoms with Crippen LogP contribution in [-0.4, -0.2) is 32.8 Å². The average Bonchev–Trinajstić information content (AvgIpc) is 3.84. The van der Waals surface area contributed by atoms with Crippen LogP contribution in [-0.2, 0) is 25.5 Å². The number of benzene rings is 6. The van der Waals surface area contributed by atoms with E-state index in [4.69, 9.17) is 9.97 Å². The van der Waals surface area contributed by atoms with Gasteiger partial charge < -0.3 is 4.57 Å². The van der Waals surface area contributed by atoms with Crippen molar-refractivity contribution in [2.45, 2.75) is 43.5 Å². The summed E-state index contributed by atoms with van der Waals surface area (Å²) in [4.78, 5) is 14.6. The van der Waals surface area contributed by atoms with Gasteiger partial charge in [0.15, 0.2) is 0 Å². The molecule has 63 heavy (non-hydrogen) atoms. The molecule has 0 fully saturated rings. The number of halogens is 2. The van der Waals surface area contributed by atoms with Crippen molar-refractivity contribution in [1.29, 1.82) is 0 Å². The van der Waals surface area contributed by atoms with E-state index in [1.54, 1.807) is 35.6 Å². The van der Waals surface area contributed by atoms with Gasteiger partial charge in [0, 0.05) is 42.1 Å². The number of imidazole rings is 1. The van der Waals surface area contributed by atoms with E-state index in [1.807, 2.05) is 67.0 Å². The van der Waals surface area contributed by atoms with Crippen molar-refractivity contribution in [3.05, 3.63) is 187 Å². The van der Waals surface area contributed by atoms with Crippen molar-refractivity contribution in [1.82, 2.24) is 19.5 Å². The minimum Gasteiger partial charge on any atom is 0 e. The van der Waals surface area contributed by atoms with Gasteiger partial charge in [-0.15, -0.1) is 18.2 Å². The van der Waals surface area contributed by atoms with Gasteiger partial charge in [-0.05, 0) is 63.2 Å². The molecule has 4 nitrogen and oxygen atoms in total. The Hall–Kier alpha value is -5.64. The van der Waals surface area contributed by atoms with Crippen molar-refractivity contribution in [2.75, 3.05) is 0 Å². The van der Waals surface area contributed by atoms with Crippen molar-refractivity contribution >= 4 is 60.3 Å². The maximum absolute atomic E-state index is 15.0. The van der Waals surface area contributed by atoms with Crippen LogP contribution in [0, 0.1) is 23.8 Å². The Kier molecular flexibility index (Phi) is 12.5. The number of thiophene rings is 1. The number of pyridine rings is 2. The molecule has 10 aromatic rings. The van der Waals surface area contributed by atoms with Crippen molar-refractivity contribution in [3.8, 4) is 50.6 Å². The molecule has 0 unspecified atom stereocenters. The van der Waals surface area contributed by atoms with Gasteiger partial charge in [0.1, 0.15) is 11.6 Å². The molecule has 10 rings (SSSR count). The van der Waals surface area contributed by atoms with Gasteiger partial charge >= 0.3 is 99.8 Å². The molecule has 0 amide bonds.